The Kier molecular flexibility index (Phi) is 8.33. The van der Waals surface area contributed by atoms with Crippen LogP contribution in [0.2, 0.25) is 0 Å². The molecule has 1 aliphatic rings. The van der Waals surface area contributed by atoms with Gasteiger partial charge in [0.25, 0.3) is 0 Å². The lowest BCUT2D eigenvalue weighted by Crippen LogP contribution is -2.38. The SMILES string of the molecule is CN=C(NCCC1=CCCCC1)NCc1ncnn1C.I. The first-order valence-corrected chi connectivity index (χ1v) is 7.25. The second kappa shape index (κ2) is 9.75. The van der Waals surface area contributed by atoms with Gasteiger partial charge in [0.15, 0.2) is 5.96 Å². The summed E-state index contributed by atoms with van der Waals surface area (Å²) in [6.07, 6.45) is 10.2. The molecule has 0 atom stereocenters. The minimum atomic E-state index is 0. The number of halogens is 1. The zero-order valence-corrected chi connectivity index (χ0v) is 15.1. The molecule has 0 fully saturated rings. The normalized spacial score (nSPS) is 15.1. The molecule has 1 aromatic rings. The maximum Gasteiger partial charge on any atom is 0.191 e. The number of rotatable bonds is 5. The van der Waals surface area contributed by atoms with Crippen molar-refractivity contribution in [2.24, 2.45) is 12.0 Å². The molecule has 0 amide bonds. The van der Waals surface area contributed by atoms with E-state index in [0.717, 1.165) is 24.7 Å². The molecule has 0 radical (unpaired) electrons. The lowest BCUT2D eigenvalue weighted by Gasteiger charge is -2.15. The summed E-state index contributed by atoms with van der Waals surface area (Å²) in [5, 5.41) is 10.6. The highest BCUT2D eigenvalue weighted by atomic mass is 127. The molecule has 118 valence electrons. The van der Waals surface area contributed by atoms with Gasteiger partial charge in [0.2, 0.25) is 0 Å². The van der Waals surface area contributed by atoms with E-state index in [0.29, 0.717) is 6.54 Å². The van der Waals surface area contributed by atoms with E-state index >= 15 is 0 Å². The summed E-state index contributed by atoms with van der Waals surface area (Å²) in [4.78, 5) is 8.39. The number of aryl methyl sites for hydroxylation is 1. The summed E-state index contributed by atoms with van der Waals surface area (Å²) in [5.74, 6) is 1.70. The average Bonchev–Trinajstić information content (AvgIpc) is 2.89. The van der Waals surface area contributed by atoms with Gasteiger partial charge >= 0.3 is 0 Å². The predicted octanol–water partition coefficient (Wildman–Crippen LogP) is 1.99. The maximum atomic E-state index is 4.22. The van der Waals surface area contributed by atoms with Gasteiger partial charge in [0.1, 0.15) is 12.2 Å². The minimum Gasteiger partial charge on any atom is -0.356 e. The van der Waals surface area contributed by atoms with E-state index in [1.54, 1.807) is 23.6 Å². The Balaban J connectivity index is 0.00000220. The standard InChI is InChI=1S/C14H24N6.HI/c1-15-14(17-10-13-18-11-19-20(13)2)16-9-8-12-6-4-3-5-7-12;/h6,11H,3-5,7-10H2,1-2H3,(H2,15,16,17);1H. The van der Waals surface area contributed by atoms with Gasteiger partial charge in [-0.05, 0) is 32.1 Å². The molecule has 0 spiro atoms. The van der Waals surface area contributed by atoms with Gasteiger partial charge in [-0.3, -0.25) is 9.67 Å². The van der Waals surface area contributed by atoms with Crippen LogP contribution in [0.3, 0.4) is 0 Å². The van der Waals surface area contributed by atoms with Crippen LogP contribution in [-0.2, 0) is 13.6 Å². The average molecular weight is 404 g/mol. The number of aromatic nitrogens is 3. The Labute approximate surface area is 143 Å². The Morgan fingerprint density at radius 2 is 2.24 bits per heavy atom. The van der Waals surface area contributed by atoms with Crippen LogP contribution in [0.5, 0.6) is 0 Å². The summed E-state index contributed by atoms with van der Waals surface area (Å²) in [6.45, 7) is 1.54. The summed E-state index contributed by atoms with van der Waals surface area (Å²) < 4.78 is 1.76. The number of hydrogen-bond donors (Lipinski definition) is 2. The van der Waals surface area contributed by atoms with E-state index in [4.69, 9.17) is 0 Å². The molecule has 2 N–H and O–H groups in total. The molecule has 2 rings (SSSR count). The van der Waals surface area contributed by atoms with Gasteiger partial charge in [0.05, 0.1) is 6.54 Å². The molecule has 7 heteroatoms. The summed E-state index contributed by atoms with van der Waals surface area (Å²) in [6, 6.07) is 0. The fourth-order valence-electron chi connectivity index (χ4n) is 2.34. The number of nitrogens with zero attached hydrogens (tertiary/aromatic N) is 4. The third-order valence-corrected chi connectivity index (χ3v) is 3.57. The molecule has 1 aromatic heterocycles. The van der Waals surface area contributed by atoms with E-state index < -0.39 is 0 Å². The fraction of sp³-hybridized carbons (Fsp3) is 0.643. The first kappa shape index (κ1) is 17.9. The zero-order valence-electron chi connectivity index (χ0n) is 12.8. The molecule has 0 bridgehead atoms. The van der Waals surface area contributed by atoms with E-state index in [-0.39, 0.29) is 24.0 Å². The molecular weight excluding hydrogens is 379 g/mol. The van der Waals surface area contributed by atoms with Crippen molar-refractivity contribution in [3.8, 4) is 0 Å². The molecule has 0 saturated carbocycles. The van der Waals surface area contributed by atoms with Crippen LogP contribution in [-0.4, -0.2) is 34.3 Å². The zero-order chi connectivity index (χ0) is 14.2. The molecule has 6 nitrogen and oxygen atoms in total. The quantitative estimate of drug-likeness (QED) is 0.341. The lowest BCUT2D eigenvalue weighted by molar-refractivity contribution is 0.657. The van der Waals surface area contributed by atoms with Gasteiger partial charge < -0.3 is 10.6 Å². The van der Waals surface area contributed by atoms with E-state index in [9.17, 15) is 0 Å². The van der Waals surface area contributed by atoms with Crippen molar-refractivity contribution in [1.82, 2.24) is 25.4 Å². The number of guanidine groups is 1. The van der Waals surface area contributed by atoms with Crippen molar-refractivity contribution < 1.29 is 0 Å². The maximum absolute atomic E-state index is 4.22. The van der Waals surface area contributed by atoms with Gasteiger partial charge in [-0.2, -0.15) is 5.10 Å². The Morgan fingerprint density at radius 1 is 1.38 bits per heavy atom. The van der Waals surface area contributed by atoms with Crippen LogP contribution >= 0.6 is 24.0 Å². The van der Waals surface area contributed by atoms with E-state index in [1.807, 2.05) is 7.05 Å². The van der Waals surface area contributed by atoms with Crippen LogP contribution in [0, 0.1) is 0 Å². The predicted molar refractivity (Wildman–Crippen MR) is 95.8 cm³/mol. The molecule has 1 aliphatic carbocycles. The Morgan fingerprint density at radius 3 is 2.86 bits per heavy atom. The van der Waals surface area contributed by atoms with Crippen molar-refractivity contribution in [1.29, 1.82) is 0 Å². The van der Waals surface area contributed by atoms with Gasteiger partial charge in [-0.15, -0.1) is 24.0 Å². The van der Waals surface area contributed by atoms with E-state index in [2.05, 4.69) is 31.8 Å². The number of hydrogen-bond acceptors (Lipinski definition) is 3. The summed E-state index contributed by atoms with van der Waals surface area (Å²) >= 11 is 0. The smallest absolute Gasteiger partial charge is 0.191 e. The largest absolute Gasteiger partial charge is 0.356 e. The van der Waals surface area contributed by atoms with Crippen LogP contribution in [0.15, 0.2) is 23.0 Å². The van der Waals surface area contributed by atoms with Gasteiger partial charge in [-0.1, -0.05) is 11.6 Å². The number of aliphatic imine (C=N–C) groups is 1. The first-order chi connectivity index (χ1) is 9.79. The molecule has 1 heterocycles. The molecule has 21 heavy (non-hydrogen) atoms. The van der Waals surface area contributed by atoms with E-state index in [1.165, 1.54) is 25.7 Å². The summed E-state index contributed by atoms with van der Waals surface area (Å²) in [7, 11) is 3.67. The molecule has 0 aromatic carbocycles. The Hall–Kier alpha value is -1.12. The van der Waals surface area contributed by atoms with Crippen LogP contribution in [0.4, 0.5) is 0 Å². The minimum absolute atomic E-state index is 0. The van der Waals surface area contributed by atoms with Crippen molar-refractivity contribution in [2.75, 3.05) is 13.6 Å². The van der Waals surface area contributed by atoms with Crippen LogP contribution < -0.4 is 10.6 Å². The van der Waals surface area contributed by atoms with Crippen molar-refractivity contribution >= 4 is 29.9 Å². The highest BCUT2D eigenvalue weighted by Crippen LogP contribution is 2.19. The molecule has 0 aliphatic heterocycles. The van der Waals surface area contributed by atoms with Crippen molar-refractivity contribution in [3.63, 3.8) is 0 Å². The third kappa shape index (κ3) is 6.03. The van der Waals surface area contributed by atoms with Crippen LogP contribution in [0.1, 0.15) is 37.9 Å². The topological polar surface area (TPSA) is 67.1 Å². The third-order valence-electron chi connectivity index (χ3n) is 3.57. The summed E-state index contributed by atoms with van der Waals surface area (Å²) in [5.41, 5.74) is 1.58. The Bertz CT molecular complexity index is 480. The second-order valence-electron chi connectivity index (χ2n) is 5.01. The molecule has 0 saturated heterocycles. The number of allylic oxidation sites excluding steroid dienone is 1. The van der Waals surface area contributed by atoms with Gasteiger partial charge in [-0.25, -0.2) is 4.98 Å². The fourth-order valence-corrected chi connectivity index (χ4v) is 2.34. The van der Waals surface area contributed by atoms with Crippen molar-refractivity contribution in [2.45, 2.75) is 38.6 Å². The molecular formula is C14H25IN6. The lowest BCUT2D eigenvalue weighted by atomic mass is 9.97. The molecule has 0 unspecified atom stereocenters. The second-order valence-corrected chi connectivity index (χ2v) is 5.01. The highest BCUT2D eigenvalue weighted by Gasteiger charge is 2.05. The van der Waals surface area contributed by atoms with Gasteiger partial charge in [0, 0.05) is 20.6 Å². The number of nitrogens with one attached hydrogen (secondary N) is 2. The monoisotopic (exact) mass is 404 g/mol. The van der Waals surface area contributed by atoms with Crippen molar-refractivity contribution in [3.05, 3.63) is 23.8 Å². The first-order valence-electron chi connectivity index (χ1n) is 7.25. The highest BCUT2D eigenvalue weighted by molar-refractivity contribution is 14.0. The van der Waals surface area contributed by atoms with Crippen LogP contribution in [0.25, 0.3) is 0 Å².